The third-order valence-corrected chi connectivity index (χ3v) is 11.3. The molecule has 1 aromatic heterocycles. The Labute approximate surface area is 232 Å². The Morgan fingerprint density at radius 2 is 1.18 bits per heavy atom. The summed E-state index contributed by atoms with van der Waals surface area (Å²) in [7, 11) is -2.02. The number of halogens is 1. The molecule has 186 valence electrons. The average molecular weight is 578 g/mol. The second-order valence-electron chi connectivity index (χ2n) is 8.87. The van der Waals surface area contributed by atoms with Crippen LogP contribution in [0.15, 0.2) is 155 Å². The van der Waals surface area contributed by atoms with Crippen LogP contribution in [0.25, 0.3) is 6.08 Å². The molecule has 0 saturated heterocycles. The third-order valence-electron chi connectivity index (χ3n) is 6.41. The van der Waals surface area contributed by atoms with Gasteiger partial charge in [0.05, 0.1) is 0 Å². The summed E-state index contributed by atoms with van der Waals surface area (Å²) < 4.78 is 7.27. The molecule has 38 heavy (non-hydrogen) atoms. The van der Waals surface area contributed by atoms with Gasteiger partial charge in [-0.2, -0.15) is 0 Å². The highest BCUT2D eigenvalue weighted by Gasteiger charge is 2.46. The maximum absolute atomic E-state index is 12.4. The monoisotopic (exact) mass is 577 g/mol. The van der Waals surface area contributed by atoms with E-state index in [-0.39, 0.29) is 5.78 Å². The first-order valence-corrected chi connectivity index (χ1v) is 15.2. The fourth-order valence-electron chi connectivity index (χ4n) is 4.58. The van der Waals surface area contributed by atoms with Gasteiger partial charge in [0.25, 0.3) is 0 Å². The molecule has 0 bridgehead atoms. The van der Waals surface area contributed by atoms with Gasteiger partial charge < -0.3 is 4.42 Å². The van der Waals surface area contributed by atoms with Gasteiger partial charge in [0.2, 0.25) is 0 Å². The van der Waals surface area contributed by atoms with Gasteiger partial charge >= 0.3 is 0 Å². The van der Waals surface area contributed by atoms with E-state index in [0.29, 0.717) is 5.56 Å². The molecule has 0 spiro atoms. The third kappa shape index (κ3) is 5.86. The zero-order valence-corrected chi connectivity index (χ0v) is 23.3. The molecular weight excluding hydrogens is 551 g/mol. The molecule has 0 aliphatic carbocycles. The second-order valence-corrected chi connectivity index (χ2v) is 13.3. The van der Waals surface area contributed by atoms with Gasteiger partial charge in [-0.3, -0.25) is 4.79 Å². The fourth-order valence-corrected chi connectivity index (χ4v) is 8.96. The largest absolute Gasteiger partial charge is 0.458 e. The van der Waals surface area contributed by atoms with E-state index < -0.39 is 7.26 Å². The number of ketones is 1. The Balaban J connectivity index is 1.43. The minimum absolute atomic E-state index is 0.0366. The molecule has 0 N–H and O–H groups in total. The van der Waals surface area contributed by atoms with E-state index in [9.17, 15) is 4.79 Å². The van der Waals surface area contributed by atoms with Crippen LogP contribution in [0.5, 0.6) is 0 Å². The van der Waals surface area contributed by atoms with Crippen molar-refractivity contribution in [3.05, 3.63) is 167 Å². The molecule has 1 heterocycles. The Hall–Kier alpha value is -3.78. The Morgan fingerprint density at radius 3 is 1.71 bits per heavy atom. The SMILES string of the molecule is O=C(/C=C/C=C\c1ccc(C[P+](c2ccccc2)(c2ccccc2)c2ccccc2)o1)c1ccc(Br)cc1. The van der Waals surface area contributed by atoms with Gasteiger partial charge in [-0.15, -0.1) is 0 Å². The quantitative estimate of drug-likeness (QED) is 0.0769. The van der Waals surface area contributed by atoms with E-state index in [1.807, 2.05) is 30.4 Å². The fraction of sp³-hybridized carbons (Fsp3) is 0.0294. The lowest BCUT2D eigenvalue weighted by Crippen LogP contribution is -2.32. The van der Waals surface area contributed by atoms with Crippen LogP contribution < -0.4 is 15.9 Å². The summed E-state index contributed by atoms with van der Waals surface area (Å²) >= 11 is 3.39. The highest BCUT2D eigenvalue weighted by atomic mass is 79.9. The molecule has 5 aromatic rings. The molecular formula is C34H27BrO2P+. The van der Waals surface area contributed by atoms with Crippen LogP contribution in [-0.2, 0) is 6.16 Å². The molecule has 0 unspecified atom stereocenters. The van der Waals surface area contributed by atoms with Crippen molar-refractivity contribution in [1.29, 1.82) is 0 Å². The second kappa shape index (κ2) is 12.2. The lowest BCUT2D eigenvalue weighted by Gasteiger charge is -2.26. The summed E-state index contributed by atoms with van der Waals surface area (Å²) in [4.78, 5) is 12.4. The van der Waals surface area contributed by atoms with Gasteiger partial charge in [0.15, 0.2) is 5.78 Å². The Kier molecular flexibility index (Phi) is 8.28. The van der Waals surface area contributed by atoms with E-state index in [1.165, 1.54) is 15.9 Å². The van der Waals surface area contributed by atoms with E-state index in [0.717, 1.165) is 22.2 Å². The van der Waals surface area contributed by atoms with Crippen molar-refractivity contribution < 1.29 is 9.21 Å². The molecule has 0 aliphatic heterocycles. The van der Waals surface area contributed by atoms with Crippen LogP contribution in [0.2, 0.25) is 0 Å². The molecule has 0 aliphatic rings. The summed E-state index contributed by atoms with van der Waals surface area (Å²) in [6, 6.07) is 43.8. The van der Waals surface area contributed by atoms with Crippen LogP contribution in [-0.4, -0.2) is 5.78 Å². The Morgan fingerprint density at radius 1 is 0.658 bits per heavy atom. The van der Waals surface area contributed by atoms with Crippen LogP contribution >= 0.6 is 23.2 Å². The molecule has 0 radical (unpaired) electrons. The first-order valence-electron chi connectivity index (χ1n) is 12.4. The van der Waals surface area contributed by atoms with Gasteiger partial charge in [0, 0.05) is 10.0 Å². The highest BCUT2D eigenvalue weighted by Crippen LogP contribution is 2.58. The number of hydrogen-bond donors (Lipinski definition) is 0. The number of allylic oxidation sites excluding steroid dienone is 3. The molecule has 4 aromatic carbocycles. The molecule has 0 atom stereocenters. The Bertz CT molecular complexity index is 1440. The maximum Gasteiger partial charge on any atom is 0.185 e. The number of rotatable bonds is 9. The minimum atomic E-state index is -2.02. The molecule has 0 amide bonds. The van der Waals surface area contributed by atoms with E-state index in [2.05, 4.69) is 113 Å². The number of carbonyl (C=O) groups is 1. The average Bonchev–Trinajstić information content (AvgIpc) is 3.43. The van der Waals surface area contributed by atoms with E-state index in [1.54, 1.807) is 24.3 Å². The van der Waals surface area contributed by atoms with Crippen molar-refractivity contribution in [3.63, 3.8) is 0 Å². The van der Waals surface area contributed by atoms with E-state index >= 15 is 0 Å². The van der Waals surface area contributed by atoms with Crippen molar-refractivity contribution in [3.8, 4) is 0 Å². The summed E-state index contributed by atoms with van der Waals surface area (Å²) in [5.74, 6) is 1.66. The van der Waals surface area contributed by atoms with Gasteiger partial charge in [-0.05, 0) is 84.9 Å². The standard InChI is InChI=1S/C34H27BrO2P/c35-28-22-20-27(21-23-28)34(36)19-11-10-12-29-24-25-30(37-29)26-38(31-13-4-1-5-14-31,32-15-6-2-7-16-32)33-17-8-3-9-18-33/h1-25H,26H2/q+1/b12-10-,19-11+. The van der Waals surface area contributed by atoms with Crippen LogP contribution in [0.3, 0.4) is 0 Å². The van der Waals surface area contributed by atoms with Crippen molar-refractivity contribution in [2.24, 2.45) is 0 Å². The lowest BCUT2D eigenvalue weighted by atomic mass is 10.1. The lowest BCUT2D eigenvalue weighted by molar-refractivity contribution is 0.104. The zero-order valence-electron chi connectivity index (χ0n) is 20.8. The van der Waals surface area contributed by atoms with Gasteiger partial charge in [-0.1, -0.05) is 82.7 Å². The topological polar surface area (TPSA) is 30.2 Å². The molecule has 4 heteroatoms. The maximum atomic E-state index is 12.4. The van der Waals surface area contributed by atoms with Crippen LogP contribution in [0.4, 0.5) is 0 Å². The minimum Gasteiger partial charge on any atom is -0.458 e. The number of benzene rings is 4. The predicted octanol–water partition coefficient (Wildman–Crippen LogP) is 7.99. The summed E-state index contributed by atoms with van der Waals surface area (Å²) in [6.07, 6.45) is 7.83. The van der Waals surface area contributed by atoms with Gasteiger partial charge in [-0.25, -0.2) is 0 Å². The highest BCUT2D eigenvalue weighted by molar-refractivity contribution is 9.10. The first kappa shape index (κ1) is 25.9. The van der Waals surface area contributed by atoms with Crippen LogP contribution in [0.1, 0.15) is 21.9 Å². The normalized spacial score (nSPS) is 11.8. The van der Waals surface area contributed by atoms with Crippen molar-refractivity contribution in [1.82, 2.24) is 0 Å². The van der Waals surface area contributed by atoms with Gasteiger partial charge in [0.1, 0.15) is 40.9 Å². The van der Waals surface area contributed by atoms with Crippen molar-refractivity contribution in [2.45, 2.75) is 6.16 Å². The van der Waals surface area contributed by atoms with Crippen LogP contribution in [0, 0.1) is 0 Å². The summed E-state index contributed by atoms with van der Waals surface area (Å²) in [5.41, 5.74) is 0.654. The van der Waals surface area contributed by atoms with Crippen molar-refractivity contribution >= 4 is 51.0 Å². The number of carbonyl (C=O) groups excluding carboxylic acids is 1. The summed E-state index contributed by atoms with van der Waals surface area (Å²) in [5, 5.41) is 3.96. The number of furan rings is 1. The van der Waals surface area contributed by atoms with E-state index in [4.69, 9.17) is 4.42 Å². The first-order chi connectivity index (χ1) is 18.6. The molecule has 2 nitrogen and oxygen atoms in total. The predicted molar refractivity (Wildman–Crippen MR) is 164 cm³/mol. The molecule has 0 saturated carbocycles. The van der Waals surface area contributed by atoms with Crippen molar-refractivity contribution in [2.75, 3.05) is 0 Å². The zero-order chi connectivity index (χ0) is 26.2. The summed E-state index contributed by atoms with van der Waals surface area (Å²) in [6.45, 7) is 0. The smallest absolute Gasteiger partial charge is 0.185 e. The number of hydrogen-bond acceptors (Lipinski definition) is 2. The molecule has 0 fully saturated rings. The molecule has 5 rings (SSSR count).